The number of hydrogen-bond acceptors (Lipinski definition) is 5. The number of carbonyl (C=O) groups is 4. The molecule has 0 heterocycles. The normalized spacial score (nSPS) is 8.35. The average Bonchev–Trinajstić information content (AvgIpc) is 2.16. The monoisotopic (exact) mass is 251 g/mol. The van der Waals surface area contributed by atoms with E-state index in [0.29, 0.717) is 0 Å². The maximum absolute atomic E-state index is 10.2. The molecule has 98 valence electrons. The molecule has 0 spiro atoms. The molecule has 0 radical (unpaired) electrons. The smallest absolute Gasteiger partial charge is 0.347 e. The van der Waals surface area contributed by atoms with Gasteiger partial charge < -0.3 is 32.9 Å². The lowest BCUT2D eigenvalue weighted by molar-refractivity contribution is -0.139. The molecule has 12 N–H and O–H groups in total. The maximum Gasteiger partial charge on any atom is 0.347 e. The number of rotatable bonds is 3. The van der Waals surface area contributed by atoms with E-state index in [2.05, 4.69) is 23.0 Å². The minimum atomic E-state index is -1.60. The summed E-state index contributed by atoms with van der Waals surface area (Å²) in [7, 11) is 0. The fourth-order valence-electron chi connectivity index (χ4n) is 0.444. The summed E-state index contributed by atoms with van der Waals surface area (Å²) < 4.78 is 0. The Morgan fingerprint density at radius 1 is 0.882 bits per heavy atom. The van der Waals surface area contributed by atoms with Crippen LogP contribution < -0.4 is 39.1 Å². The zero-order chi connectivity index (χ0) is 14.0. The highest BCUT2D eigenvalue weighted by atomic mass is 16.4. The summed E-state index contributed by atoms with van der Waals surface area (Å²) in [4.78, 5) is 39.9. The molecular formula is C5H13N7O5. The molecule has 0 fully saturated rings. The van der Waals surface area contributed by atoms with Crippen molar-refractivity contribution in [2.24, 2.45) is 23.0 Å². The first-order valence-corrected chi connectivity index (χ1v) is 3.81. The highest BCUT2D eigenvalue weighted by Gasteiger charge is 2.19. The standard InChI is InChI=1S/C4H8N4O4.CH5N3O/c5-3(11)7-1(2(9)10)8-4(6)12;2-1(5)4-3/h1H,(H,9,10)(H3,5,7,11)(H3,6,8,12);3H2,(H3,2,4,5). The second-order valence-corrected chi connectivity index (χ2v) is 2.30. The van der Waals surface area contributed by atoms with Crippen LogP contribution in [0.15, 0.2) is 0 Å². The fraction of sp³-hybridized carbons (Fsp3) is 0.200. The molecule has 0 aliphatic carbocycles. The van der Waals surface area contributed by atoms with Gasteiger partial charge in [0.2, 0.25) is 6.17 Å². The molecule has 0 rings (SSSR count). The molecule has 12 heteroatoms. The summed E-state index contributed by atoms with van der Waals surface area (Å²) in [6.07, 6.45) is -1.60. The first-order chi connectivity index (χ1) is 7.70. The Labute approximate surface area is 94.6 Å². The van der Waals surface area contributed by atoms with Crippen LogP contribution in [0.3, 0.4) is 0 Å². The zero-order valence-corrected chi connectivity index (χ0v) is 8.47. The molecule has 0 aliphatic heterocycles. The van der Waals surface area contributed by atoms with Gasteiger partial charge in [0, 0.05) is 0 Å². The quantitative estimate of drug-likeness (QED) is 0.108. The number of amides is 6. The van der Waals surface area contributed by atoms with Gasteiger partial charge in [-0.15, -0.1) is 0 Å². The summed E-state index contributed by atoms with van der Waals surface area (Å²) in [6, 6.07) is -2.86. The number of nitrogens with two attached hydrogens (primary N) is 4. The fourth-order valence-corrected chi connectivity index (χ4v) is 0.444. The zero-order valence-electron chi connectivity index (χ0n) is 8.47. The minimum absolute atomic E-state index is 0.718. The Balaban J connectivity index is 0. The van der Waals surface area contributed by atoms with E-state index in [0.717, 1.165) is 0 Å². The van der Waals surface area contributed by atoms with Gasteiger partial charge >= 0.3 is 24.1 Å². The van der Waals surface area contributed by atoms with Crippen molar-refractivity contribution in [1.82, 2.24) is 16.1 Å². The topological polar surface area (TPSA) is 229 Å². The molecule has 0 unspecified atom stereocenters. The van der Waals surface area contributed by atoms with E-state index >= 15 is 0 Å². The van der Waals surface area contributed by atoms with E-state index in [1.807, 2.05) is 0 Å². The van der Waals surface area contributed by atoms with E-state index in [-0.39, 0.29) is 0 Å². The molecule has 6 amide bonds. The van der Waals surface area contributed by atoms with E-state index in [4.69, 9.17) is 5.11 Å². The Kier molecular flexibility index (Phi) is 8.37. The number of aliphatic carboxylic acids is 1. The average molecular weight is 251 g/mol. The van der Waals surface area contributed by atoms with Gasteiger partial charge in [0.1, 0.15) is 0 Å². The lowest BCUT2D eigenvalue weighted by Crippen LogP contribution is -2.55. The molecular weight excluding hydrogens is 238 g/mol. The van der Waals surface area contributed by atoms with Crippen LogP contribution in [0, 0.1) is 0 Å². The summed E-state index contributed by atoms with van der Waals surface area (Å²) in [6.45, 7) is 0. The number of hydrogen-bond donors (Lipinski definition) is 8. The van der Waals surface area contributed by atoms with Crippen molar-refractivity contribution in [3.63, 3.8) is 0 Å². The third kappa shape index (κ3) is 13.2. The van der Waals surface area contributed by atoms with Crippen molar-refractivity contribution >= 4 is 24.1 Å². The molecule has 0 saturated heterocycles. The van der Waals surface area contributed by atoms with Gasteiger partial charge in [0.05, 0.1) is 0 Å². The molecule has 0 atom stereocenters. The molecule has 17 heavy (non-hydrogen) atoms. The molecule has 12 nitrogen and oxygen atoms in total. The Morgan fingerprint density at radius 3 is 1.29 bits per heavy atom. The third-order valence-corrected chi connectivity index (χ3v) is 0.962. The predicted octanol–water partition coefficient (Wildman–Crippen LogP) is -3.74. The Bertz CT molecular complexity index is 289. The lowest BCUT2D eigenvalue weighted by atomic mass is 10.5. The highest BCUT2D eigenvalue weighted by molar-refractivity contribution is 5.85. The van der Waals surface area contributed by atoms with Crippen molar-refractivity contribution in [3.05, 3.63) is 0 Å². The predicted molar refractivity (Wildman–Crippen MR) is 53.8 cm³/mol. The van der Waals surface area contributed by atoms with Gasteiger partial charge in [0.15, 0.2) is 0 Å². The van der Waals surface area contributed by atoms with E-state index in [1.165, 1.54) is 0 Å². The van der Waals surface area contributed by atoms with Crippen LogP contribution >= 0.6 is 0 Å². The number of nitrogens with one attached hydrogen (secondary N) is 3. The largest absolute Gasteiger partial charge is 0.478 e. The molecule has 0 aliphatic rings. The number of primary amides is 3. The second kappa shape index (κ2) is 8.54. The van der Waals surface area contributed by atoms with Crippen molar-refractivity contribution in [2.45, 2.75) is 6.17 Å². The number of carboxylic acids is 1. The minimum Gasteiger partial charge on any atom is -0.478 e. The molecule has 0 saturated carbocycles. The summed E-state index contributed by atoms with van der Waals surface area (Å²) >= 11 is 0. The summed E-state index contributed by atoms with van der Waals surface area (Å²) in [5.74, 6) is 2.98. The summed E-state index contributed by atoms with van der Waals surface area (Å²) in [5, 5.41) is 11.8. The van der Waals surface area contributed by atoms with E-state index < -0.39 is 30.2 Å². The van der Waals surface area contributed by atoms with Gasteiger partial charge in [-0.25, -0.2) is 25.0 Å². The van der Waals surface area contributed by atoms with Gasteiger partial charge in [-0.05, 0) is 0 Å². The molecule has 0 aromatic carbocycles. The Hall–Kier alpha value is -2.76. The first kappa shape index (κ1) is 16.7. The van der Waals surface area contributed by atoms with Gasteiger partial charge in [-0.3, -0.25) is 5.43 Å². The van der Waals surface area contributed by atoms with Crippen molar-refractivity contribution < 1.29 is 24.3 Å². The van der Waals surface area contributed by atoms with Gasteiger partial charge in [-0.2, -0.15) is 0 Å². The number of urea groups is 3. The number of carbonyl (C=O) groups excluding carboxylic acids is 3. The lowest BCUT2D eigenvalue weighted by Gasteiger charge is -2.12. The van der Waals surface area contributed by atoms with Gasteiger partial charge in [-0.1, -0.05) is 0 Å². The van der Waals surface area contributed by atoms with E-state index in [1.54, 1.807) is 16.1 Å². The van der Waals surface area contributed by atoms with Crippen LogP contribution in [0.5, 0.6) is 0 Å². The van der Waals surface area contributed by atoms with Crippen molar-refractivity contribution in [3.8, 4) is 0 Å². The highest BCUT2D eigenvalue weighted by Crippen LogP contribution is 1.76. The second-order valence-electron chi connectivity index (χ2n) is 2.30. The number of carboxylic acid groups (broad SMARTS) is 1. The SMILES string of the molecule is NC(=O)NC(NC(N)=O)C(=O)O.NNC(N)=O. The van der Waals surface area contributed by atoms with Crippen molar-refractivity contribution in [1.29, 1.82) is 0 Å². The van der Waals surface area contributed by atoms with Crippen molar-refractivity contribution in [2.75, 3.05) is 0 Å². The van der Waals surface area contributed by atoms with E-state index in [9.17, 15) is 19.2 Å². The molecule has 0 bridgehead atoms. The number of hydrazine groups is 1. The third-order valence-electron chi connectivity index (χ3n) is 0.962. The molecule has 0 aromatic rings. The van der Waals surface area contributed by atoms with Crippen LogP contribution in [0.4, 0.5) is 14.4 Å². The van der Waals surface area contributed by atoms with Crippen LogP contribution in [-0.2, 0) is 4.79 Å². The maximum atomic E-state index is 10.2. The first-order valence-electron chi connectivity index (χ1n) is 3.81. The van der Waals surface area contributed by atoms with Gasteiger partial charge in [0.25, 0.3) is 0 Å². The molecule has 0 aromatic heterocycles. The Morgan fingerprint density at radius 2 is 1.18 bits per heavy atom. The van der Waals surface area contributed by atoms with Crippen LogP contribution in [-0.4, -0.2) is 35.3 Å². The van der Waals surface area contributed by atoms with Crippen LogP contribution in [0.1, 0.15) is 0 Å². The summed E-state index contributed by atoms with van der Waals surface area (Å²) in [5.41, 5.74) is 15.3. The van der Waals surface area contributed by atoms with Crippen LogP contribution in [0.2, 0.25) is 0 Å². The van der Waals surface area contributed by atoms with Crippen LogP contribution in [0.25, 0.3) is 0 Å².